The van der Waals surface area contributed by atoms with E-state index in [1.807, 2.05) is 48.7 Å². The average Bonchev–Trinajstić information content (AvgIpc) is 3.30. The molecule has 0 atom stereocenters. The Kier molecular flexibility index (Phi) is 4.60. The fraction of sp³-hybridized carbons (Fsp3) is 0.200. The first-order valence-electron chi connectivity index (χ1n) is 10.2. The van der Waals surface area contributed by atoms with Crippen LogP contribution in [0.2, 0.25) is 0 Å². The van der Waals surface area contributed by atoms with Crippen molar-refractivity contribution in [2.24, 2.45) is 0 Å². The maximum Gasteiger partial charge on any atom is 0.154 e. The van der Waals surface area contributed by atoms with Gasteiger partial charge in [0, 0.05) is 10.8 Å². The van der Waals surface area contributed by atoms with E-state index in [1.165, 1.54) is 31.2 Å². The molecule has 4 nitrogen and oxygen atoms in total. The Labute approximate surface area is 170 Å². The topological polar surface area (TPSA) is 61.0 Å². The minimum absolute atomic E-state index is 0.472. The average molecular weight is 381 g/mol. The van der Waals surface area contributed by atoms with Crippen molar-refractivity contribution in [1.29, 1.82) is 0 Å². The highest BCUT2D eigenvalue weighted by Gasteiger charge is 2.20. The summed E-state index contributed by atoms with van der Waals surface area (Å²) in [5.41, 5.74) is 9.83. The molecule has 4 aromatic rings. The van der Waals surface area contributed by atoms with Crippen LogP contribution in [0.1, 0.15) is 37.2 Å². The Morgan fingerprint density at radius 1 is 0.862 bits per heavy atom. The molecule has 1 heterocycles. The zero-order valence-corrected chi connectivity index (χ0v) is 16.2. The lowest BCUT2D eigenvalue weighted by molar-refractivity contribution is 0.483. The molecule has 1 saturated carbocycles. The lowest BCUT2D eigenvalue weighted by Crippen LogP contribution is -1.99. The summed E-state index contributed by atoms with van der Waals surface area (Å²) in [7, 11) is 0. The first-order valence-corrected chi connectivity index (χ1v) is 10.2. The largest absolute Gasteiger partial charge is 0.457 e. The number of ether oxygens (including phenoxy) is 1. The summed E-state index contributed by atoms with van der Waals surface area (Å²) in [6, 6.07) is 22.5. The van der Waals surface area contributed by atoms with Gasteiger partial charge >= 0.3 is 0 Å². The van der Waals surface area contributed by atoms with Crippen molar-refractivity contribution in [2.75, 3.05) is 5.73 Å². The summed E-state index contributed by atoms with van der Waals surface area (Å²) in [5.74, 6) is 2.73. The standard InChI is InChI=1S/C25H23N3O/c26-25-24-20(16-27-28-25)14-19(17-6-4-5-7-17)15-23(24)18-10-12-22(13-11-18)29-21-8-2-1-3-9-21/h1-3,8-17H,4-7H2,(H2,26,28). The minimum atomic E-state index is 0.472. The molecule has 0 saturated heterocycles. The molecule has 0 bridgehead atoms. The third-order valence-corrected chi connectivity index (χ3v) is 5.78. The van der Waals surface area contributed by atoms with Crippen LogP contribution >= 0.6 is 0 Å². The second kappa shape index (κ2) is 7.55. The number of fused-ring (bicyclic) bond motifs is 1. The predicted molar refractivity (Wildman–Crippen MR) is 117 cm³/mol. The molecule has 1 aliphatic rings. The summed E-state index contributed by atoms with van der Waals surface area (Å²) in [6.45, 7) is 0. The van der Waals surface area contributed by atoms with Crippen LogP contribution in [0.3, 0.4) is 0 Å². The summed E-state index contributed by atoms with van der Waals surface area (Å²) in [4.78, 5) is 0. The Morgan fingerprint density at radius 2 is 1.59 bits per heavy atom. The van der Waals surface area contributed by atoms with Crippen LogP contribution in [0.4, 0.5) is 5.82 Å². The number of hydrogen-bond donors (Lipinski definition) is 1. The first-order chi connectivity index (χ1) is 14.3. The van der Waals surface area contributed by atoms with Crippen molar-refractivity contribution < 1.29 is 4.74 Å². The van der Waals surface area contributed by atoms with Gasteiger partial charge in [-0.05, 0) is 65.8 Å². The number of aromatic nitrogens is 2. The fourth-order valence-corrected chi connectivity index (χ4v) is 4.33. The van der Waals surface area contributed by atoms with E-state index >= 15 is 0 Å². The van der Waals surface area contributed by atoms with Gasteiger partial charge in [0.2, 0.25) is 0 Å². The van der Waals surface area contributed by atoms with Crippen molar-refractivity contribution in [3.63, 3.8) is 0 Å². The molecule has 3 aromatic carbocycles. The first kappa shape index (κ1) is 17.7. The number of nitrogen functional groups attached to an aromatic ring is 1. The van der Waals surface area contributed by atoms with Gasteiger partial charge in [0.05, 0.1) is 6.20 Å². The molecule has 1 aromatic heterocycles. The summed E-state index contributed by atoms with van der Waals surface area (Å²) in [5, 5.41) is 10.2. The maximum atomic E-state index is 6.23. The monoisotopic (exact) mass is 381 g/mol. The highest BCUT2D eigenvalue weighted by atomic mass is 16.5. The van der Waals surface area contributed by atoms with Crippen LogP contribution < -0.4 is 10.5 Å². The third kappa shape index (κ3) is 3.54. The Bertz CT molecular complexity index is 1130. The van der Waals surface area contributed by atoms with Gasteiger partial charge in [0.25, 0.3) is 0 Å². The zero-order chi connectivity index (χ0) is 19.6. The van der Waals surface area contributed by atoms with E-state index in [1.54, 1.807) is 0 Å². The van der Waals surface area contributed by atoms with Crippen LogP contribution in [0.25, 0.3) is 21.9 Å². The Hall–Kier alpha value is -3.40. The lowest BCUT2D eigenvalue weighted by atomic mass is 9.90. The molecule has 1 aliphatic carbocycles. The summed E-state index contributed by atoms with van der Waals surface area (Å²) in [6.07, 6.45) is 6.94. The van der Waals surface area contributed by atoms with Gasteiger partial charge in [-0.3, -0.25) is 0 Å². The number of nitrogens with two attached hydrogens (primary N) is 1. The molecule has 1 fully saturated rings. The number of para-hydroxylation sites is 1. The van der Waals surface area contributed by atoms with Gasteiger partial charge in [0.1, 0.15) is 11.5 Å². The molecule has 5 rings (SSSR count). The number of benzene rings is 3. The zero-order valence-electron chi connectivity index (χ0n) is 16.2. The smallest absolute Gasteiger partial charge is 0.154 e. The third-order valence-electron chi connectivity index (χ3n) is 5.78. The van der Waals surface area contributed by atoms with Crippen LogP contribution in [0.5, 0.6) is 11.5 Å². The Balaban J connectivity index is 1.56. The van der Waals surface area contributed by atoms with E-state index in [2.05, 4.69) is 34.5 Å². The van der Waals surface area contributed by atoms with Crippen molar-refractivity contribution in [3.05, 3.63) is 78.5 Å². The molecule has 0 unspecified atom stereocenters. The van der Waals surface area contributed by atoms with Gasteiger partial charge in [-0.15, -0.1) is 5.10 Å². The molecule has 0 aliphatic heterocycles. The van der Waals surface area contributed by atoms with Crippen molar-refractivity contribution in [2.45, 2.75) is 31.6 Å². The normalized spacial score (nSPS) is 14.3. The quantitative estimate of drug-likeness (QED) is 0.449. The number of hydrogen-bond acceptors (Lipinski definition) is 4. The molecule has 29 heavy (non-hydrogen) atoms. The predicted octanol–water partition coefficient (Wildman–Crippen LogP) is 6.33. The molecule has 4 heteroatoms. The SMILES string of the molecule is Nc1nncc2cc(C3CCCC3)cc(-c3ccc(Oc4ccccc4)cc3)c12. The highest BCUT2D eigenvalue weighted by Crippen LogP contribution is 2.40. The molecule has 0 amide bonds. The van der Waals surface area contributed by atoms with Gasteiger partial charge in [0.15, 0.2) is 5.82 Å². The Morgan fingerprint density at radius 3 is 2.34 bits per heavy atom. The molecule has 2 N–H and O–H groups in total. The summed E-state index contributed by atoms with van der Waals surface area (Å²) >= 11 is 0. The number of anilines is 1. The van der Waals surface area contributed by atoms with Crippen molar-refractivity contribution >= 4 is 16.6 Å². The molecular weight excluding hydrogens is 358 g/mol. The van der Waals surface area contributed by atoms with E-state index < -0.39 is 0 Å². The maximum absolute atomic E-state index is 6.23. The molecule has 144 valence electrons. The van der Waals surface area contributed by atoms with Gasteiger partial charge in [-0.25, -0.2) is 0 Å². The molecular formula is C25H23N3O. The van der Waals surface area contributed by atoms with Gasteiger partial charge in [-0.1, -0.05) is 49.2 Å². The van der Waals surface area contributed by atoms with E-state index in [0.717, 1.165) is 33.4 Å². The summed E-state index contributed by atoms with van der Waals surface area (Å²) < 4.78 is 5.94. The molecule has 0 radical (unpaired) electrons. The second-order valence-electron chi connectivity index (χ2n) is 7.68. The van der Waals surface area contributed by atoms with Crippen LogP contribution in [0, 0.1) is 0 Å². The van der Waals surface area contributed by atoms with Crippen LogP contribution in [0.15, 0.2) is 72.9 Å². The van der Waals surface area contributed by atoms with Gasteiger partial charge < -0.3 is 10.5 Å². The van der Waals surface area contributed by atoms with Crippen molar-refractivity contribution in [1.82, 2.24) is 10.2 Å². The highest BCUT2D eigenvalue weighted by molar-refractivity contribution is 6.03. The van der Waals surface area contributed by atoms with E-state index in [4.69, 9.17) is 10.5 Å². The van der Waals surface area contributed by atoms with Gasteiger partial charge in [-0.2, -0.15) is 5.10 Å². The van der Waals surface area contributed by atoms with Crippen LogP contribution in [-0.4, -0.2) is 10.2 Å². The van der Waals surface area contributed by atoms with E-state index in [9.17, 15) is 0 Å². The second-order valence-corrected chi connectivity index (χ2v) is 7.68. The number of nitrogens with zero attached hydrogens (tertiary/aromatic N) is 2. The van der Waals surface area contributed by atoms with E-state index in [-0.39, 0.29) is 0 Å². The fourth-order valence-electron chi connectivity index (χ4n) is 4.33. The lowest BCUT2D eigenvalue weighted by Gasteiger charge is -2.16. The number of rotatable bonds is 4. The van der Waals surface area contributed by atoms with Crippen molar-refractivity contribution in [3.8, 4) is 22.6 Å². The minimum Gasteiger partial charge on any atom is -0.457 e. The van der Waals surface area contributed by atoms with Crippen LogP contribution in [-0.2, 0) is 0 Å². The molecule has 0 spiro atoms. The van der Waals surface area contributed by atoms with E-state index in [0.29, 0.717) is 11.7 Å².